The third-order valence-corrected chi connectivity index (χ3v) is 6.30. The summed E-state index contributed by atoms with van der Waals surface area (Å²) < 4.78 is 4.70. The Morgan fingerprint density at radius 2 is 2.24 bits per heavy atom. The lowest BCUT2D eigenvalue weighted by molar-refractivity contribution is -0.137. The SMILES string of the molecule is COC(=O)CSc1nc(NC2CC3CCC2C3)c2cc(Cl)ccc2n1. The summed E-state index contributed by atoms with van der Waals surface area (Å²) in [6, 6.07) is 6.09. The Morgan fingerprint density at radius 3 is 2.96 bits per heavy atom. The molecule has 0 spiro atoms. The second kappa shape index (κ2) is 7.00. The molecule has 1 aromatic carbocycles. The maximum absolute atomic E-state index is 11.4. The Bertz CT molecular complexity index is 816. The van der Waals surface area contributed by atoms with Crippen LogP contribution in [0.1, 0.15) is 25.7 Å². The largest absolute Gasteiger partial charge is 0.468 e. The van der Waals surface area contributed by atoms with Crippen LogP contribution in [0.2, 0.25) is 5.02 Å². The van der Waals surface area contributed by atoms with Gasteiger partial charge < -0.3 is 10.1 Å². The van der Waals surface area contributed by atoms with Crippen molar-refractivity contribution < 1.29 is 9.53 Å². The highest BCUT2D eigenvalue weighted by molar-refractivity contribution is 7.99. The number of fused-ring (bicyclic) bond motifs is 3. The number of hydrogen-bond donors (Lipinski definition) is 1. The highest BCUT2D eigenvalue weighted by Crippen LogP contribution is 2.45. The van der Waals surface area contributed by atoms with Gasteiger partial charge in [0.1, 0.15) is 5.82 Å². The molecular weight excluding hydrogens is 358 g/mol. The molecule has 2 aromatic rings. The van der Waals surface area contributed by atoms with E-state index in [0.717, 1.165) is 28.6 Å². The normalized spacial score (nSPS) is 24.6. The van der Waals surface area contributed by atoms with Crippen molar-refractivity contribution >= 4 is 46.1 Å². The maximum Gasteiger partial charge on any atom is 0.316 e. The highest BCUT2D eigenvalue weighted by Gasteiger charge is 2.39. The molecular formula is C18H20ClN3O2S. The summed E-state index contributed by atoms with van der Waals surface area (Å²) in [6.07, 6.45) is 5.20. The summed E-state index contributed by atoms with van der Waals surface area (Å²) in [6.45, 7) is 0. The van der Waals surface area contributed by atoms with Crippen LogP contribution >= 0.6 is 23.4 Å². The van der Waals surface area contributed by atoms with Crippen LogP contribution in [0.5, 0.6) is 0 Å². The van der Waals surface area contributed by atoms with Gasteiger partial charge in [0.25, 0.3) is 0 Å². The summed E-state index contributed by atoms with van der Waals surface area (Å²) in [4.78, 5) is 20.6. The van der Waals surface area contributed by atoms with Crippen molar-refractivity contribution in [3.05, 3.63) is 23.2 Å². The first-order valence-corrected chi connectivity index (χ1v) is 9.92. The average molecular weight is 378 g/mol. The molecule has 0 saturated heterocycles. The van der Waals surface area contributed by atoms with Crippen LogP contribution in [-0.4, -0.2) is 34.8 Å². The molecule has 1 N–H and O–H groups in total. The molecule has 5 nitrogen and oxygen atoms in total. The van der Waals surface area contributed by atoms with Crippen molar-refractivity contribution in [2.24, 2.45) is 11.8 Å². The maximum atomic E-state index is 11.4. The average Bonchev–Trinajstić information content (AvgIpc) is 3.23. The van der Waals surface area contributed by atoms with E-state index in [2.05, 4.69) is 15.3 Å². The molecule has 2 aliphatic carbocycles. The Kier molecular flexibility index (Phi) is 4.73. The van der Waals surface area contributed by atoms with Gasteiger partial charge in [-0.25, -0.2) is 9.97 Å². The first-order chi connectivity index (χ1) is 12.1. The standard InChI is InChI=1S/C18H20ClN3O2S/c1-24-16(23)9-25-18-21-14-5-4-12(19)8-13(14)17(22-18)20-15-7-10-2-3-11(15)6-10/h4-5,8,10-11,15H,2-3,6-7,9H2,1H3,(H,20,21,22). The monoisotopic (exact) mass is 377 g/mol. The molecule has 3 atom stereocenters. The van der Waals surface area contributed by atoms with Crippen molar-refractivity contribution in [1.29, 1.82) is 0 Å². The molecule has 4 rings (SSSR count). The molecule has 25 heavy (non-hydrogen) atoms. The van der Waals surface area contributed by atoms with E-state index in [0.29, 0.717) is 16.2 Å². The second-order valence-electron chi connectivity index (χ2n) is 6.81. The topological polar surface area (TPSA) is 64.1 Å². The lowest BCUT2D eigenvalue weighted by Gasteiger charge is -2.24. The number of ether oxygens (including phenoxy) is 1. The minimum Gasteiger partial charge on any atom is -0.468 e. The lowest BCUT2D eigenvalue weighted by atomic mass is 9.95. The number of nitrogens with zero attached hydrogens (tertiary/aromatic N) is 2. The molecule has 132 valence electrons. The van der Waals surface area contributed by atoms with Gasteiger partial charge in [-0.2, -0.15) is 0 Å². The Balaban J connectivity index is 1.64. The van der Waals surface area contributed by atoms with Gasteiger partial charge in [0.15, 0.2) is 5.16 Å². The van der Waals surface area contributed by atoms with Gasteiger partial charge >= 0.3 is 5.97 Å². The number of hydrogen-bond acceptors (Lipinski definition) is 6. The van der Waals surface area contributed by atoms with Crippen LogP contribution in [0.25, 0.3) is 10.9 Å². The zero-order valence-electron chi connectivity index (χ0n) is 14.0. The number of carbonyl (C=O) groups excluding carboxylic acids is 1. The van der Waals surface area contributed by atoms with E-state index in [1.54, 1.807) is 0 Å². The molecule has 3 unspecified atom stereocenters. The molecule has 2 saturated carbocycles. The minimum atomic E-state index is -0.285. The second-order valence-corrected chi connectivity index (χ2v) is 8.19. The van der Waals surface area contributed by atoms with E-state index in [9.17, 15) is 4.79 Å². The lowest BCUT2D eigenvalue weighted by Crippen LogP contribution is -2.26. The predicted molar refractivity (Wildman–Crippen MR) is 100 cm³/mol. The number of thioether (sulfide) groups is 1. The number of rotatable bonds is 5. The zero-order chi connectivity index (χ0) is 17.4. The fraction of sp³-hybridized carbons (Fsp3) is 0.500. The predicted octanol–water partition coefficient (Wildman–Crippen LogP) is 4.15. The molecule has 1 aromatic heterocycles. The molecule has 2 fully saturated rings. The van der Waals surface area contributed by atoms with Gasteiger partial charge in [0.05, 0.1) is 18.4 Å². The fourth-order valence-corrected chi connectivity index (χ4v) is 4.89. The van der Waals surface area contributed by atoms with E-state index < -0.39 is 0 Å². The summed E-state index contributed by atoms with van der Waals surface area (Å²) in [5.74, 6) is 2.32. The molecule has 0 amide bonds. The van der Waals surface area contributed by atoms with E-state index in [4.69, 9.17) is 16.3 Å². The third kappa shape index (κ3) is 3.55. The van der Waals surface area contributed by atoms with Crippen molar-refractivity contribution in [3.63, 3.8) is 0 Å². The van der Waals surface area contributed by atoms with Gasteiger partial charge in [-0.05, 0) is 49.3 Å². The van der Waals surface area contributed by atoms with E-state index in [-0.39, 0.29) is 11.7 Å². The van der Waals surface area contributed by atoms with Gasteiger partial charge in [0.2, 0.25) is 0 Å². The fourth-order valence-electron chi connectivity index (χ4n) is 4.03. The molecule has 0 aliphatic heterocycles. The van der Waals surface area contributed by atoms with E-state index >= 15 is 0 Å². The molecule has 0 radical (unpaired) electrons. The van der Waals surface area contributed by atoms with Gasteiger partial charge in [-0.15, -0.1) is 0 Å². The summed E-state index contributed by atoms with van der Waals surface area (Å²) >= 11 is 7.47. The van der Waals surface area contributed by atoms with Crippen LogP contribution in [0.4, 0.5) is 5.82 Å². The number of methoxy groups -OCH3 is 1. The smallest absolute Gasteiger partial charge is 0.316 e. The first kappa shape index (κ1) is 16.9. The van der Waals surface area contributed by atoms with Gasteiger partial charge in [-0.3, -0.25) is 4.79 Å². The number of benzene rings is 1. The number of esters is 1. The van der Waals surface area contributed by atoms with E-state index in [1.807, 2.05) is 18.2 Å². The van der Waals surface area contributed by atoms with Crippen molar-refractivity contribution in [2.75, 3.05) is 18.2 Å². The van der Waals surface area contributed by atoms with E-state index in [1.165, 1.54) is 44.6 Å². The van der Waals surface area contributed by atoms with Crippen molar-refractivity contribution in [2.45, 2.75) is 36.9 Å². The van der Waals surface area contributed by atoms with Gasteiger partial charge in [-0.1, -0.05) is 29.8 Å². The van der Waals surface area contributed by atoms with Crippen molar-refractivity contribution in [3.8, 4) is 0 Å². The molecule has 7 heteroatoms. The first-order valence-electron chi connectivity index (χ1n) is 8.56. The number of anilines is 1. The van der Waals surface area contributed by atoms with Crippen LogP contribution in [-0.2, 0) is 9.53 Å². The zero-order valence-corrected chi connectivity index (χ0v) is 15.6. The molecule has 2 bridgehead atoms. The van der Waals surface area contributed by atoms with Crippen LogP contribution < -0.4 is 5.32 Å². The number of aromatic nitrogens is 2. The molecule has 2 aliphatic rings. The Morgan fingerprint density at radius 1 is 1.36 bits per heavy atom. The third-order valence-electron chi connectivity index (χ3n) is 5.24. The molecule has 1 heterocycles. The van der Waals surface area contributed by atoms with Crippen LogP contribution in [0.3, 0.4) is 0 Å². The number of carbonyl (C=O) groups is 1. The summed E-state index contributed by atoms with van der Waals surface area (Å²) in [7, 11) is 1.38. The summed E-state index contributed by atoms with van der Waals surface area (Å²) in [5.41, 5.74) is 0.831. The quantitative estimate of drug-likeness (QED) is 0.479. The minimum absolute atomic E-state index is 0.198. The highest BCUT2D eigenvalue weighted by atomic mass is 35.5. The van der Waals surface area contributed by atoms with Gasteiger partial charge in [0, 0.05) is 16.5 Å². The number of nitrogens with one attached hydrogen (secondary N) is 1. The Labute approximate surface area is 155 Å². The van der Waals surface area contributed by atoms with Crippen LogP contribution in [0, 0.1) is 11.8 Å². The van der Waals surface area contributed by atoms with Crippen molar-refractivity contribution in [1.82, 2.24) is 9.97 Å². The Hall–Kier alpha value is -1.53. The van der Waals surface area contributed by atoms with Crippen LogP contribution in [0.15, 0.2) is 23.4 Å². The summed E-state index contributed by atoms with van der Waals surface area (Å²) in [5, 5.41) is 5.82. The number of halogens is 1.